The van der Waals surface area contributed by atoms with Crippen molar-refractivity contribution in [3.05, 3.63) is 12.2 Å². The third-order valence-corrected chi connectivity index (χ3v) is 1.02. The zero-order valence-electron chi connectivity index (χ0n) is 5.49. The van der Waals surface area contributed by atoms with Crippen molar-refractivity contribution in [3.8, 4) is 12.3 Å². The van der Waals surface area contributed by atoms with Crippen molar-refractivity contribution in [1.29, 1.82) is 0 Å². The first-order valence-corrected chi connectivity index (χ1v) is 2.88. The zero-order valence-corrected chi connectivity index (χ0v) is 5.49. The molecule has 0 aliphatic heterocycles. The molecule has 0 saturated carbocycles. The monoisotopic (exact) mass is 136 g/mol. The number of rotatable bonds is 2. The second-order valence-corrected chi connectivity index (χ2v) is 1.77. The number of nitrogens with zero attached hydrogens (tertiary/aromatic N) is 3. The molecule has 4 heteroatoms. The van der Waals surface area contributed by atoms with Crippen LogP contribution in [0.2, 0.25) is 0 Å². The predicted octanol–water partition coefficient (Wildman–Crippen LogP) is -0.630. The van der Waals surface area contributed by atoms with E-state index in [1.165, 1.54) is 0 Å². The van der Waals surface area contributed by atoms with Gasteiger partial charge in [0.25, 0.3) is 0 Å². The molecule has 0 spiro atoms. The normalized spacial score (nSPS) is 9.20. The quantitative estimate of drug-likeness (QED) is 0.551. The standard InChI is InChI=1S/C6H8N4/c1-2-3-10-5-8-6(4-7)9-10/h1,5H,3-4,7H2. The first-order valence-electron chi connectivity index (χ1n) is 2.88. The lowest BCUT2D eigenvalue weighted by atomic mass is 10.6. The van der Waals surface area contributed by atoms with Gasteiger partial charge in [-0.15, -0.1) is 6.42 Å². The Balaban J connectivity index is 2.70. The van der Waals surface area contributed by atoms with Crippen LogP contribution in [0.1, 0.15) is 5.82 Å². The summed E-state index contributed by atoms with van der Waals surface area (Å²) in [5.74, 6) is 3.06. The van der Waals surface area contributed by atoms with E-state index in [4.69, 9.17) is 12.2 Å². The minimum Gasteiger partial charge on any atom is -0.324 e. The highest BCUT2D eigenvalue weighted by atomic mass is 15.3. The molecular weight excluding hydrogens is 128 g/mol. The van der Waals surface area contributed by atoms with Crippen molar-refractivity contribution in [3.63, 3.8) is 0 Å². The van der Waals surface area contributed by atoms with Crippen molar-refractivity contribution in [2.75, 3.05) is 0 Å². The maximum absolute atomic E-state index is 5.27. The number of nitrogens with two attached hydrogens (primary N) is 1. The summed E-state index contributed by atoms with van der Waals surface area (Å²) in [6.45, 7) is 0.810. The van der Waals surface area contributed by atoms with E-state index in [9.17, 15) is 0 Å². The molecule has 0 amide bonds. The van der Waals surface area contributed by atoms with Crippen LogP contribution >= 0.6 is 0 Å². The molecule has 52 valence electrons. The van der Waals surface area contributed by atoms with E-state index in [1.807, 2.05) is 0 Å². The molecule has 4 nitrogen and oxygen atoms in total. The lowest BCUT2D eigenvalue weighted by Crippen LogP contribution is -2.01. The largest absolute Gasteiger partial charge is 0.324 e. The maximum Gasteiger partial charge on any atom is 0.164 e. The molecule has 1 aromatic rings. The van der Waals surface area contributed by atoms with Crippen LogP contribution in [0.4, 0.5) is 0 Å². The van der Waals surface area contributed by atoms with Crippen LogP contribution < -0.4 is 5.73 Å². The molecule has 0 aromatic carbocycles. The predicted molar refractivity (Wildman–Crippen MR) is 36.7 cm³/mol. The van der Waals surface area contributed by atoms with Gasteiger partial charge in [0.15, 0.2) is 5.82 Å². The summed E-state index contributed by atoms with van der Waals surface area (Å²) in [4.78, 5) is 3.88. The molecule has 10 heavy (non-hydrogen) atoms. The lowest BCUT2D eigenvalue weighted by molar-refractivity contribution is 0.697. The third kappa shape index (κ3) is 1.33. The van der Waals surface area contributed by atoms with Crippen molar-refractivity contribution in [2.45, 2.75) is 13.1 Å². The van der Waals surface area contributed by atoms with E-state index < -0.39 is 0 Å². The lowest BCUT2D eigenvalue weighted by Gasteiger charge is -1.87. The Labute approximate surface area is 59.1 Å². The summed E-state index contributed by atoms with van der Waals surface area (Å²) in [6.07, 6.45) is 6.61. The number of hydrogen-bond donors (Lipinski definition) is 1. The van der Waals surface area contributed by atoms with E-state index in [-0.39, 0.29) is 0 Å². The van der Waals surface area contributed by atoms with Crippen LogP contribution in [0.5, 0.6) is 0 Å². The van der Waals surface area contributed by atoms with Crippen molar-refractivity contribution in [1.82, 2.24) is 14.8 Å². The maximum atomic E-state index is 5.27. The molecule has 0 atom stereocenters. The molecule has 0 saturated heterocycles. The number of aromatic nitrogens is 3. The van der Waals surface area contributed by atoms with Crippen molar-refractivity contribution in [2.24, 2.45) is 5.73 Å². The summed E-state index contributed by atoms with van der Waals surface area (Å²) < 4.78 is 1.57. The summed E-state index contributed by atoms with van der Waals surface area (Å²) in [7, 11) is 0. The fourth-order valence-electron chi connectivity index (χ4n) is 0.596. The molecular formula is C6H8N4. The first-order chi connectivity index (χ1) is 4.86. The van der Waals surface area contributed by atoms with Crippen LogP contribution in [0.15, 0.2) is 6.33 Å². The number of terminal acetylenes is 1. The average Bonchev–Trinajstić information content (AvgIpc) is 2.37. The van der Waals surface area contributed by atoms with E-state index >= 15 is 0 Å². The Kier molecular flexibility index (Phi) is 2.03. The van der Waals surface area contributed by atoms with Crippen LogP contribution in [0.25, 0.3) is 0 Å². The Bertz CT molecular complexity index is 244. The van der Waals surface area contributed by atoms with Gasteiger partial charge < -0.3 is 5.73 Å². The average molecular weight is 136 g/mol. The summed E-state index contributed by atoms with van der Waals surface area (Å²) in [6, 6.07) is 0. The number of hydrogen-bond acceptors (Lipinski definition) is 3. The Morgan fingerprint density at radius 3 is 3.10 bits per heavy atom. The summed E-state index contributed by atoms with van der Waals surface area (Å²) >= 11 is 0. The highest BCUT2D eigenvalue weighted by Crippen LogP contribution is 1.85. The highest BCUT2D eigenvalue weighted by molar-refractivity contribution is 4.86. The third-order valence-electron chi connectivity index (χ3n) is 1.02. The smallest absolute Gasteiger partial charge is 0.164 e. The van der Waals surface area contributed by atoms with Crippen LogP contribution in [-0.2, 0) is 13.1 Å². The van der Waals surface area contributed by atoms with Gasteiger partial charge in [-0.1, -0.05) is 5.92 Å². The van der Waals surface area contributed by atoms with E-state index in [0.29, 0.717) is 18.9 Å². The van der Waals surface area contributed by atoms with Crippen LogP contribution in [0, 0.1) is 12.3 Å². The molecule has 0 radical (unpaired) electrons. The molecule has 0 bridgehead atoms. The minimum atomic E-state index is 0.359. The van der Waals surface area contributed by atoms with Crippen molar-refractivity contribution < 1.29 is 0 Å². The topological polar surface area (TPSA) is 56.7 Å². The van der Waals surface area contributed by atoms with Crippen molar-refractivity contribution >= 4 is 0 Å². The first kappa shape index (κ1) is 6.78. The fourth-order valence-corrected chi connectivity index (χ4v) is 0.596. The van der Waals surface area contributed by atoms with Crippen LogP contribution in [0.3, 0.4) is 0 Å². The summed E-state index contributed by atoms with van der Waals surface area (Å²) in [5.41, 5.74) is 5.27. The van der Waals surface area contributed by atoms with Gasteiger partial charge in [0.05, 0.1) is 6.54 Å². The minimum absolute atomic E-state index is 0.359. The van der Waals surface area contributed by atoms with E-state index in [0.717, 1.165) is 0 Å². The zero-order chi connectivity index (χ0) is 7.40. The van der Waals surface area contributed by atoms with Gasteiger partial charge in [-0.05, 0) is 0 Å². The SMILES string of the molecule is C#CCn1cnc(CN)n1. The summed E-state index contributed by atoms with van der Waals surface area (Å²) in [5, 5.41) is 3.96. The Hall–Kier alpha value is -1.34. The van der Waals surface area contributed by atoms with E-state index in [2.05, 4.69) is 16.0 Å². The van der Waals surface area contributed by atoms with Gasteiger partial charge in [0.2, 0.25) is 0 Å². The Morgan fingerprint density at radius 1 is 1.80 bits per heavy atom. The van der Waals surface area contributed by atoms with Gasteiger partial charge in [0, 0.05) is 0 Å². The molecule has 0 fully saturated rings. The van der Waals surface area contributed by atoms with Gasteiger partial charge in [-0.25, -0.2) is 9.67 Å². The second-order valence-electron chi connectivity index (χ2n) is 1.77. The van der Waals surface area contributed by atoms with Gasteiger partial charge in [0.1, 0.15) is 12.9 Å². The van der Waals surface area contributed by atoms with Gasteiger partial charge >= 0.3 is 0 Å². The fraction of sp³-hybridized carbons (Fsp3) is 0.333. The van der Waals surface area contributed by atoms with E-state index in [1.54, 1.807) is 11.0 Å². The molecule has 0 unspecified atom stereocenters. The molecule has 0 aliphatic rings. The molecule has 0 aliphatic carbocycles. The van der Waals surface area contributed by atoms with Gasteiger partial charge in [-0.2, -0.15) is 5.10 Å². The Morgan fingerprint density at radius 2 is 2.60 bits per heavy atom. The molecule has 1 heterocycles. The highest BCUT2D eigenvalue weighted by Gasteiger charge is 1.94. The van der Waals surface area contributed by atoms with Crippen LogP contribution in [-0.4, -0.2) is 14.8 Å². The second kappa shape index (κ2) is 2.99. The molecule has 1 rings (SSSR count). The molecule has 2 N–H and O–H groups in total. The molecule has 1 aromatic heterocycles. The van der Waals surface area contributed by atoms with Gasteiger partial charge in [-0.3, -0.25) is 0 Å².